The first kappa shape index (κ1) is 29.0. The predicted octanol–water partition coefficient (Wildman–Crippen LogP) is 4.86. The number of piperazine rings is 1. The first-order valence-electron chi connectivity index (χ1n) is 14.3. The summed E-state index contributed by atoms with van der Waals surface area (Å²) >= 11 is 0. The number of benzene rings is 2. The molecule has 0 bridgehead atoms. The highest BCUT2D eigenvalue weighted by molar-refractivity contribution is 6.01. The third-order valence-electron chi connectivity index (χ3n) is 8.12. The minimum atomic E-state index is -0.785. The minimum Gasteiger partial charge on any atom is -0.480 e. The van der Waals surface area contributed by atoms with Crippen LogP contribution in [-0.2, 0) is 16.8 Å². The number of nitrogens with one attached hydrogen (secondary N) is 1. The maximum Gasteiger partial charge on any atom is 0.317 e. The van der Waals surface area contributed by atoms with Crippen LogP contribution in [-0.4, -0.2) is 83.2 Å². The number of ketones is 1. The quantitative estimate of drug-likeness (QED) is 0.425. The summed E-state index contributed by atoms with van der Waals surface area (Å²) in [6.45, 7) is 13.6. The molecule has 2 aromatic rings. The zero-order valence-electron chi connectivity index (χ0n) is 23.9. The van der Waals surface area contributed by atoms with Crippen LogP contribution in [0.25, 0.3) is 0 Å². The van der Waals surface area contributed by atoms with Crippen molar-refractivity contribution in [3.05, 3.63) is 70.8 Å². The second-order valence-corrected chi connectivity index (χ2v) is 12.2. The van der Waals surface area contributed by atoms with Gasteiger partial charge < -0.3 is 10.0 Å². The van der Waals surface area contributed by atoms with Gasteiger partial charge in [0.2, 0.25) is 0 Å². The van der Waals surface area contributed by atoms with Gasteiger partial charge >= 0.3 is 5.97 Å². The Morgan fingerprint density at radius 1 is 0.974 bits per heavy atom. The topological polar surface area (TPSA) is 87.9 Å². The molecule has 2 N–H and O–H groups in total. The van der Waals surface area contributed by atoms with Gasteiger partial charge in [0, 0.05) is 50.7 Å². The molecule has 2 heterocycles. The monoisotopic (exact) mass is 532 g/mol. The number of Topliss-reactive ketones (excluding diaryl/α,β-unsaturated/α-hetero) is 1. The Hall–Kier alpha value is -3.03. The van der Waals surface area contributed by atoms with Crippen LogP contribution in [0.1, 0.15) is 73.5 Å². The van der Waals surface area contributed by atoms with Gasteiger partial charge in [-0.25, -0.2) is 0 Å². The van der Waals surface area contributed by atoms with Crippen molar-refractivity contribution in [2.75, 3.05) is 45.8 Å². The first-order chi connectivity index (χ1) is 18.5. The van der Waals surface area contributed by atoms with E-state index in [2.05, 4.69) is 50.8 Å². The van der Waals surface area contributed by atoms with Crippen LogP contribution < -0.4 is 0 Å². The van der Waals surface area contributed by atoms with Crippen LogP contribution in [0.2, 0.25) is 0 Å². The Labute approximate surface area is 233 Å². The zero-order valence-corrected chi connectivity index (χ0v) is 23.9. The smallest absolute Gasteiger partial charge is 0.317 e. The van der Waals surface area contributed by atoms with Gasteiger partial charge in [-0.1, -0.05) is 70.5 Å². The molecule has 2 saturated heterocycles. The highest BCUT2D eigenvalue weighted by Crippen LogP contribution is 2.37. The van der Waals surface area contributed by atoms with E-state index in [9.17, 15) is 9.59 Å². The molecule has 0 aliphatic carbocycles. The molecule has 7 heteroatoms. The molecule has 39 heavy (non-hydrogen) atoms. The lowest BCUT2D eigenvalue weighted by Crippen LogP contribution is -2.47. The van der Waals surface area contributed by atoms with E-state index < -0.39 is 5.97 Å². The van der Waals surface area contributed by atoms with Crippen molar-refractivity contribution in [1.82, 2.24) is 14.7 Å². The van der Waals surface area contributed by atoms with Crippen molar-refractivity contribution >= 4 is 17.6 Å². The third-order valence-corrected chi connectivity index (χ3v) is 8.12. The Balaban J connectivity index is 1.50. The number of carboxylic acids is 1. The maximum atomic E-state index is 13.7. The van der Waals surface area contributed by atoms with Gasteiger partial charge in [-0.15, -0.1) is 0 Å². The van der Waals surface area contributed by atoms with Crippen LogP contribution in [0, 0.1) is 11.3 Å². The van der Waals surface area contributed by atoms with Crippen molar-refractivity contribution in [2.45, 2.75) is 58.4 Å². The number of amidine groups is 1. The Kier molecular flexibility index (Phi) is 9.23. The molecular formula is C32H44N4O3. The van der Waals surface area contributed by atoms with Crippen molar-refractivity contribution in [1.29, 1.82) is 5.41 Å². The Bertz CT molecular complexity index is 1170. The molecule has 0 spiro atoms. The van der Waals surface area contributed by atoms with Crippen LogP contribution in [0.5, 0.6) is 0 Å². The third kappa shape index (κ3) is 7.34. The van der Waals surface area contributed by atoms with E-state index in [0.29, 0.717) is 17.3 Å². The van der Waals surface area contributed by atoms with Gasteiger partial charge in [0.1, 0.15) is 5.84 Å². The standard InChI is InChI=1S/C32H44N4O3/c1-5-9-25-20-36(31(33)30(25)24-10-7-6-8-11-24)21-28(37)26-16-23(17-27(18-26)32(2,3)4)19-34-12-14-35(15-13-34)22-29(38)39/h6-8,10-11,16-18,25,30,33H,5,9,12-15,19-22H2,1-4H3,(H,38,39). The van der Waals surface area contributed by atoms with E-state index >= 15 is 0 Å². The number of hydrogen-bond donors (Lipinski definition) is 2. The zero-order chi connectivity index (χ0) is 28.2. The van der Waals surface area contributed by atoms with Crippen LogP contribution in [0.4, 0.5) is 0 Å². The fourth-order valence-corrected chi connectivity index (χ4v) is 5.97. The molecule has 2 aliphatic rings. The van der Waals surface area contributed by atoms with E-state index in [0.717, 1.165) is 68.8 Å². The molecule has 4 rings (SSSR count). The van der Waals surface area contributed by atoms with Crippen molar-refractivity contribution in [3.63, 3.8) is 0 Å². The summed E-state index contributed by atoms with van der Waals surface area (Å²) in [5, 5.41) is 18.1. The average Bonchev–Trinajstić information content (AvgIpc) is 3.19. The van der Waals surface area contributed by atoms with E-state index in [1.165, 1.54) is 0 Å². The van der Waals surface area contributed by atoms with Gasteiger partial charge in [-0.3, -0.25) is 24.8 Å². The molecular weight excluding hydrogens is 488 g/mol. The molecule has 2 aromatic carbocycles. The molecule has 0 aromatic heterocycles. The molecule has 0 saturated carbocycles. The van der Waals surface area contributed by atoms with Crippen molar-refractivity contribution in [3.8, 4) is 0 Å². The number of rotatable bonds is 10. The second-order valence-electron chi connectivity index (χ2n) is 12.2. The Morgan fingerprint density at radius 2 is 1.64 bits per heavy atom. The van der Waals surface area contributed by atoms with Crippen LogP contribution >= 0.6 is 0 Å². The number of carboxylic acid groups (broad SMARTS) is 1. The summed E-state index contributed by atoms with van der Waals surface area (Å²) in [7, 11) is 0. The predicted molar refractivity (Wildman–Crippen MR) is 156 cm³/mol. The second kappa shape index (κ2) is 12.4. The molecule has 2 unspecified atom stereocenters. The van der Waals surface area contributed by atoms with Gasteiger partial charge in [0.15, 0.2) is 5.78 Å². The summed E-state index contributed by atoms with van der Waals surface area (Å²) < 4.78 is 0. The fraction of sp³-hybridized carbons (Fsp3) is 0.531. The molecule has 2 fully saturated rings. The summed E-state index contributed by atoms with van der Waals surface area (Å²) in [6.07, 6.45) is 2.10. The van der Waals surface area contributed by atoms with E-state index in [1.54, 1.807) is 0 Å². The van der Waals surface area contributed by atoms with Crippen molar-refractivity contribution < 1.29 is 14.7 Å². The fourth-order valence-electron chi connectivity index (χ4n) is 5.97. The lowest BCUT2D eigenvalue weighted by Gasteiger charge is -2.34. The normalized spacial score (nSPS) is 20.9. The number of carbonyl (C=O) groups excluding carboxylic acids is 1. The number of carbonyl (C=O) groups is 2. The van der Waals surface area contributed by atoms with Crippen molar-refractivity contribution in [2.24, 2.45) is 5.92 Å². The van der Waals surface area contributed by atoms with Crippen LogP contribution in [0.15, 0.2) is 48.5 Å². The highest BCUT2D eigenvalue weighted by Gasteiger charge is 2.38. The number of likely N-dealkylation sites (tertiary alicyclic amines) is 1. The molecule has 2 atom stereocenters. The van der Waals surface area contributed by atoms with Gasteiger partial charge in [0.25, 0.3) is 0 Å². The van der Waals surface area contributed by atoms with Crippen LogP contribution in [0.3, 0.4) is 0 Å². The van der Waals surface area contributed by atoms with E-state index in [1.807, 2.05) is 40.1 Å². The highest BCUT2D eigenvalue weighted by atomic mass is 16.4. The molecule has 2 aliphatic heterocycles. The van der Waals surface area contributed by atoms with Gasteiger partial charge in [-0.2, -0.15) is 0 Å². The number of aliphatic carboxylic acids is 1. The molecule has 0 amide bonds. The lowest BCUT2D eigenvalue weighted by molar-refractivity contribution is -0.138. The lowest BCUT2D eigenvalue weighted by atomic mass is 9.84. The minimum absolute atomic E-state index is 0.0372. The molecule has 7 nitrogen and oxygen atoms in total. The largest absolute Gasteiger partial charge is 0.480 e. The average molecular weight is 533 g/mol. The molecule has 0 radical (unpaired) electrons. The van der Waals surface area contributed by atoms with E-state index in [4.69, 9.17) is 10.5 Å². The maximum absolute atomic E-state index is 13.7. The summed E-state index contributed by atoms with van der Waals surface area (Å²) in [6, 6.07) is 16.6. The first-order valence-corrected chi connectivity index (χ1v) is 14.3. The Morgan fingerprint density at radius 3 is 2.26 bits per heavy atom. The van der Waals surface area contributed by atoms with E-state index in [-0.39, 0.29) is 30.2 Å². The SMILES string of the molecule is CCCC1CN(CC(=O)c2cc(CN3CCN(CC(=O)O)CC3)cc(C(C)(C)C)c2)C(=N)C1c1ccccc1. The van der Waals surface area contributed by atoms with Gasteiger partial charge in [0.05, 0.1) is 13.1 Å². The number of nitrogens with zero attached hydrogens (tertiary/aromatic N) is 3. The molecule has 210 valence electrons. The summed E-state index contributed by atoms with van der Waals surface area (Å²) in [5.41, 5.74) is 4.02. The number of hydrogen-bond acceptors (Lipinski definition) is 5. The summed E-state index contributed by atoms with van der Waals surface area (Å²) in [4.78, 5) is 31.1. The van der Waals surface area contributed by atoms with Gasteiger partial charge in [-0.05, 0) is 46.6 Å². The summed E-state index contributed by atoms with van der Waals surface area (Å²) in [5.74, 6) is 0.206.